The van der Waals surface area contributed by atoms with Crippen molar-refractivity contribution in [1.82, 2.24) is 0 Å². The van der Waals surface area contributed by atoms with Gasteiger partial charge in [-0.1, -0.05) is 19.1 Å². The number of rotatable bonds is 6. The minimum atomic E-state index is -0.965. The number of hydrogen-bond acceptors (Lipinski definition) is 7. The van der Waals surface area contributed by atoms with Crippen molar-refractivity contribution in [1.29, 1.82) is 0 Å². The van der Waals surface area contributed by atoms with E-state index in [1.165, 1.54) is 14.0 Å². The van der Waals surface area contributed by atoms with Crippen molar-refractivity contribution in [2.45, 2.75) is 20.0 Å². The van der Waals surface area contributed by atoms with Gasteiger partial charge in [0.25, 0.3) is 0 Å². The highest BCUT2D eigenvalue weighted by Gasteiger charge is 2.30. The average Bonchev–Trinajstić information content (AvgIpc) is 2.74. The van der Waals surface area contributed by atoms with Crippen molar-refractivity contribution in [3.05, 3.63) is 71.5 Å². The van der Waals surface area contributed by atoms with Crippen LogP contribution in [0.4, 0.5) is 22.7 Å². The maximum absolute atomic E-state index is 13.0. The number of carbonyl (C=O) groups is 2. The lowest BCUT2D eigenvalue weighted by Gasteiger charge is -2.25. The van der Waals surface area contributed by atoms with E-state index < -0.39 is 6.10 Å². The summed E-state index contributed by atoms with van der Waals surface area (Å²) in [5.74, 6) is -0.261. The standard InChI is InChI=1S/C23H24N4O4/c1-13-21(31-3)10-8-18(22(13)29)23(30)15-5-4-6-17(11-15)26-27-19-9-7-16(24)12-20(19)25-14(2)28/h4-13,22,29H,24H2,1-3H3,(H,25,28). The quantitative estimate of drug-likeness (QED) is 0.365. The number of aliphatic hydroxyl groups is 1. The van der Waals surface area contributed by atoms with E-state index in [1.54, 1.807) is 61.5 Å². The monoisotopic (exact) mass is 420 g/mol. The number of Topliss-reactive ketones (excluding diaryl/α,β-unsaturated/α-hetero) is 1. The average molecular weight is 420 g/mol. The lowest BCUT2D eigenvalue weighted by molar-refractivity contribution is -0.114. The van der Waals surface area contributed by atoms with Gasteiger partial charge in [0.1, 0.15) is 11.4 Å². The van der Waals surface area contributed by atoms with Crippen LogP contribution < -0.4 is 11.1 Å². The first kappa shape index (κ1) is 21.9. The zero-order chi connectivity index (χ0) is 22.5. The zero-order valence-corrected chi connectivity index (χ0v) is 17.5. The molecule has 2 unspecified atom stereocenters. The summed E-state index contributed by atoms with van der Waals surface area (Å²) < 4.78 is 5.23. The van der Waals surface area contributed by atoms with Crippen molar-refractivity contribution < 1.29 is 19.4 Å². The van der Waals surface area contributed by atoms with Crippen molar-refractivity contribution in [2.75, 3.05) is 18.2 Å². The summed E-state index contributed by atoms with van der Waals surface area (Å²) >= 11 is 0. The van der Waals surface area contributed by atoms with Crippen LogP contribution in [0.15, 0.2) is 76.2 Å². The van der Waals surface area contributed by atoms with Gasteiger partial charge < -0.3 is 20.9 Å². The Kier molecular flexibility index (Phi) is 6.61. The van der Waals surface area contributed by atoms with Crippen LogP contribution in [0.3, 0.4) is 0 Å². The Balaban J connectivity index is 1.86. The Labute approximate surface area is 180 Å². The SMILES string of the molecule is COC1=CC=C(C(=O)c2cccc(N=Nc3ccc(N)cc3NC(C)=O)c2)C(O)C1C. The first-order valence-electron chi connectivity index (χ1n) is 9.67. The fourth-order valence-electron chi connectivity index (χ4n) is 3.23. The van der Waals surface area contributed by atoms with Crippen LogP contribution in [0.25, 0.3) is 0 Å². The molecule has 0 spiro atoms. The number of anilines is 2. The molecule has 1 aliphatic carbocycles. The van der Waals surface area contributed by atoms with Gasteiger partial charge in [0.05, 0.1) is 24.6 Å². The fraction of sp³-hybridized carbons (Fsp3) is 0.217. The van der Waals surface area contributed by atoms with Gasteiger partial charge in [-0.25, -0.2) is 0 Å². The Bertz CT molecular complexity index is 1100. The molecule has 0 aliphatic heterocycles. The number of amides is 1. The van der Waals surface area contributed by atoms with E-state index in [4.69, 9.17) is 10.5 Å². The lowest BCUT2D eigenvalue weighted by Crippen LogP contribution is -2.29. The predicted octanol–water partition coefficient (Wildman–Crippen LogP) is 4.29. The number of nitrogens with zero attached hydrogens (tertiary/aromatic N) is 2. The number of azo groups is 1. The summed E-state index contributed by atoms with van der Waals surface area (Å²) in [6.07, 6.45) is 2.31. The van der Waals surface area contributed by atoms with E-state index >= 15 is 0 Å². The second-order valence-corrected chi connectivity index (χ2v) is 7.17. The molecule has 0 saturated carbocycles. The molecule has 1 aliphatic rings. The van der Waals surface area contributed by atoms with E-state index in [1.807, 2.05) is 0 Å². The number of methoxy groups -OCH3 is 1. The van der Waals surface area contributed by atoms with Crippen LogP contribution in [-0.4, -0.2) is 30.0 Å². The summed E-state index contributed by atoms with van der Waals surface area (Å²) in [6.45, 7) is 3.18. The Morgan fingerprint density at radius 1 is 1.13 bits per heavy atom. The Morgan fingerprint density at radius 2 is 1.90 bits per heavy atom. The molecule has 8 heteroatoms. The summed E-state index contributed by atoms with van der Waals surface area (Å²) in [4.78, 5) is 24.4. The van der Waals surface area contributed by atoms with Crippen molar-refractivity contribution in [2.24, 2.45) is 16.1 Å². The van der Waals surface area contributed by atoms with Gasteiger partial charge in [-0.15, -0.1) is 5.11 Å². The minimum absolute atomic E-state index is 0.256. The van der Waals surface area contributed by atoms with Crippen LogP contribution in [0.5, 0.6) is 0 Å². The molecular formula is C23H24N4O4. The van der Waals surface area contributed by atoms with Gasteiger partial charge in [-0.2, -0.15) is 5.11 Å². The summed E-state index contributed by atoms with van der Waals surface area (Å²) in [5, 5.41) is 21.6. The fourth-order valence-corrected chi connectivity index (χ4v) is 3.23. The second kappa shape index (κ2) is 9.36. The van der Waals surface area contributed by atoms with E-state index in [9.17, 15) is 14.7 Å². The van der Waals surface area contributed by atoms with Crippen LogP contribution in [0.2, 0.25) is 0 Å². The van der Waals surface area contributed by atoms with Crippen LogP contribution in [0, 0.1) is 5.92 Å². The number of allylic oxidation sites excluding steroid dienone is 2. The molecule has 0 aromatic heterocycles. The third-order valence-electron chi connectivity index (χ3n) is 4.88. The number of nitrogens with two attached hydrogens (primary N) is 1. The minimum Gasteiger partial charge on any atom is -0.501 e. The number of nitrogens with one attached hydrogen (secondary N) is 1. The Morgan fingerprint density at radius 3 is 2.61 bits per heavy atom. The molecular weight excluding hydrogens is 396 g/mol. The molecule has 0 saturated heterocycles. The third kappa shape index (κ3) is 5.04. The number of hydrogen-bond donors (Lipinski definition) is 3. The summed E-state index contributed by atoms with van der Waals surface area (Å²) in [7, 11) is 1.53. The zero-order valence-electron chi connectivity index (χ0n) is 17.5. The van der Waals surface area contributed by atoms with Gasteiger partial charge in [-0.05, 0) is 42.5 Å². The van der Waals surface area contributed by atoms with Crippen LogP contribution in [0.1, 0.15) is 24.2 Å². The molecule has 0 fully saturated rings. The van der Waals surface area contributed by atoms with Gasteiger partial charge in [0, 0.05) is 29.7 Å². The van der Waals surface area contributed by atoms with Gasteiger partial charge in [0.15, 0.2) is 5.78 Å². The Hall–Kier alpha value is -3.78. The molecule has 3 rings (SSSR count). The molecule has 8 nitrogen and oxygen atoms in total. The largest absolute Gasteiger partial charge is 0.501 e. The molecule has 2 aromatic rings. The van der Waals surface area contributed by atoms with Crippen molar-refractivity contribution in [3.63, 3.8) is 0 Å². The first-order valence-corrected chi connectivity index (χ1v) is 9.67. The van der Waals surface area contributed by atoms with Crippen molar-refractivity contribution >= 4 is 34.4 Å². The predicted molar refractivity (Wildman–Crippen MR) is 118 cm³/mol. The number of ether oxygens (including phenoxy) is 1. The highest BCUT2D eigenvalue weighted by atomic mass is 16.5. The number of benzene rings is 2. The smallest absolute Gasteiger partial charge is 0.221 e. The normalized spacial score (nSPS) is 18.3. The van der Waals surface area contributed by atoms with E-state index in [-0.39, 0.29) is 23.2 Å². The molecule has 2 atom stereocenters. The number of nitrogen functional groups attached to an aromatic ring is 1. The molecule has 1 amide bonds. The van der Waals surface area contributed by atoms with Gasteiger partial charge in [0.2, 0.25) is 5.91 Å². The molecule has 4 N–H and O–H groups in total. The summed E-state index contributed by atoms with van der Waals surface area (Å²) in [6, 6.07) is 11.5. The van der Waals surface area contributed by atoms with E-state index in [2.05, 4.69) is 15.5 Å². The number of ketones is 1. The van der Waals surface area contributed by atoms with Crippen LogP contribution in [-0.2, 0) is 9.53 Å². The van der Waals surface area contributed by atoms with E-state index in [0.717, 1.165) is 0 Å². The molecule has 160 valence electrons. The molecule has 31 heavy (non-hydrogen) atoms. The number of aliphatic hydroxyl groups excluding tert-OH is 1. The maximum atomic E-state index is 13.0. The molecule has 0 bridgehead atoms. The topological polar surface area (TPSA) is 126 Å². The second-order valence-electron chi connectivity index (χ2n) is 7.17. The van der Waals surface area contributed by atoms with Gasteiger partial charge in [-0.3, -0.25) is 9.59 Å². The highest BCUT2D eigenvalue weighted by molar-refractivity contribution is 6.10. The highest BCUT2D eigenvalue weighted by Crippen LogP contribution is 2.31. The number of carbonyl (C=O) groups excluding carboxylic acids is 2. The first-order chi connectivity index (χ1) is 14.8. The third-order valence-corrected chi connectivity index (χ3v) is 4.88. The van der Waals surface area contributed by atoms with Crippen molar-refractivity contribution in [3.8, 4) is 0 Å². The maximum Gasteiger partial charge on any atom is 0.221 e. The van der Waals surface area contributed by atoms with Gasteiger partial charge >= 0.3 is 0 Å². The molecule has 0 heterocycles. The summed E-state index contributed by atoms with van der Waals surface area (Å²) in [5.41, 5.74) is 8.23. The lowest BCUT2D eigenvalue weighted by atomic mass is 9.86. The van der Waals surface area contributed by atoms with Crippen LogP contribution >= 0.6 is 0 Å². The van der Waals surface area contributed by atoms with E-state index in [0.29, 0.717) is 34.1 Å². The molecule has 0 radical (unpaired) electrons. The molecule has 2 aromatic carbocycles.